The summed E-state index contributed by atoms with van der Waals surface area (Å²) in [4.78, 5) is 37.2. The Labute approximate surface area is 143 Å². The minimum atomic E-state index is -0.896. The molecule has 0 radical (unpaired) electrons. The van der Waals surface area contributed by atoms with Crippen molar-refractivity contribution in [3.63, 3.8) is 0 Å². The lowest BCUT2D eigenvalue weighted by Gasteiger charge is -2.24. The van der Waals surface area contributed by atoms with Crippen LogP contribution in [0.2, 0.25) is 0 Å². The number of benzene rings is 1. The van der Waals surface area contributed by atoms with Crippen molar-refractivity contribution in [2.45, 2.75) is 19.9 Å². The molecule has 1 aromatic carbocycles. The van der Waals surface area contributed by atoms with Crippen LogP contribution in [0.4, 0.5) is 10.1 Å². The Morgan fingerprint density at radius 3 is 2.83 bits per heavy atom. The van der Waals surface area contributed by atoms with E-state index in [4.69, 9.17) is 4.74 Å². The normalized spacial score (nSPS) is 17.0. The molecule has 6 nitrogen and oxygen atoms in total. The van der Waals surface area contributed by atoms with Gasteiger partial charge in [0.1, 0.15) is 11.9 Å². The number of rotatable bonds is 5. The molecule has 0 aromatic heterocycles. The van der Waals surface area contributed by atoms with E-state index < -0.39 is 23.7 Å². The Kier molecular flexibility index (Phi) is 5.97. The molecule has 1 N–H and O–H groups in total. The molecule has 8 heteroatoms. The van der Waals surface area contributed by atoms with Crippen molar-refractivity contribution in [1.29, 1.82) is 0 Å². The second kappa shape index (κ2) is 7.96. The first-order chi connectivity index (χ1) is 11.4. The maximum atomic E-state index is 13.6. The largest absolute Gasteiger partial charge is 0.463 e. The van der Waals surface area contributed by atoms with Gasteiger partial charge in [0, 0.05) is 0 Å². The number of nitrogens with one attached hydrogen (secondary N) is 1. The van der Waals surface area contributed by atoms with E-state index in [1.165, 1.54) is 36.1 Å². The highest BCUT2D eigenvalue weighted by atomic mass is 32.2. The van der Waals surface area contributed by atoms with Gasteiger partial charge >= 0.3 is 5.97 Å². The fourth-order valence-corrected chi connectivity index (χ4v) is 3.11. The summed E-state index contributed by atoms with van der Waals surface area (Å²) in [6, 6.07) is 4.86. The summed E-state index contributed by atoms with van der Waals surface area (Å²) < 4.78 is 18.5. The fourth-order valence-electron chi connectivity index (χ4n) is 2.12. The predicted molar refractivity (Wildman–Crippen MR) is 88.5 cm³/mol. The second-order valence-corrected chi connectivity index (χ2v) is 5.93. The lowest BCUT2D eigenvalue weighted by Crippen LogP contribution is -2.42. The van der Waals surface area contributed by atoms with E-state index in [0.29, 0.717) is 5.03 Å². The Balaban J connectivity index is 2.15. The third-order valence-corrected chi connectivity index (χ3v) is 4.28. The molecule has 1 aromatic rings. The van der Waals surface area contributed by atoms with E-state index in [2.05, 4.69) is 5.32 Å². The highest BCUT2D eigenvalue weighted by Gasteiger charge is 2.35. The quantitative estimate of drug-likeness (QED) is 0.649. The molecule has 1 heterocycles. The molecule has 1 atom stereocenters. The van der Waals surface area contributed by atoms with Crippen molar-refractivity contribution >= 4 is 35.2 Å². The van der Waals surface area contributed by atoms with E-state index in [1.807, 2.05) is 0 Å². The van der Waals surface area contributed by atoms with Crippen LogP contribution in [0.3, 0.4) is 0 Å². The van der Waals surface area contributed by atoms with Crippen LogP contribution in [0.1, 0.15) is 13.8 Å². The van der Waals surface area contributed by atoms with Crippen molar-refractivity contribution in [2.24, 2.45) is 0 Å². The van der Waals surface area contributed by atoms with Crippen molar-refractivity contribution in [2.75, 3.05) is 17.7 Å². The summed E-state index contributed by atoms with van der Waals surface area (Å²) in [7, 11) is 0. The van der Waals surface area contributed by atoms with E-state index in [9.17, 15) is 18.8 Å². The number of amides is 2. The maximum absolute atomic E-state index is 13.6. The molecule has 1 aliphatic rings. The van der Waals surface area contributed by atoms with Gasteiger partial charge in [0.15, 0.2) is 0 Å². The van der Waals surface area contributed by atoms with Crippen LogP contribution in [-0.4, -0.2) is 41.1 Å². The zero-order valence-electron chi connectivity index (χ0n) is 13.2. The number of anilines is 1. The first-order valence-electron chi connectivity index (χ1n) is 7.32. The third-order valence-electron chi connectivity index (χ3n) is 3.28. The molecule has 0 aliphatic carbocycles. The van der Waals surface area contributed by atoms with E-state index in [1.54, 1.807) is 13.0 Å². The first-order valence-corrected chi connectivity index (χ1v) is 8.31. The lowest BCUT2D eigenvalue weighted by molar-refractivity contribution is -0.137. The highest BCUT2D eigenvalue weighted by Crippen LogP contribution is 2.31. The Hall–Kier alpha value is -2.35. The molecule has 0 bridgehead atoms. The summed E-state index contributed by atoms with van der Waals surface area (Å²) in [6.45, 7) is 3.40. The zero-order valence-corrected chi connectivity index (χ0v) is 14.1. The Morgan fingerprint density at radius 1 is 1.46 bits per heavy atom. The van der Waals surface area contributed by atoms with Crippen molar-refractivity contribution in [3.8, 4) is 0 Å². The minimum absolute atomic E-state index is 0.0320. The minimum Gasteiger partial charge on any atom is -0.463 e. The summed E-state index contributed by atoms with van der Waals surface area (Å²) in [5, 5.41) is 2.79. The molecule has 1 unspecified atom stereocenters. The molecule has 0 spiro atoms. The number of halogens is 1. The van der Waals surface area contributed by atoms with Gasteiger partial charge < -0.3 is 10.1 Å². The van der Waals surface area contributed by atoms with Crippen LogP contribution in [0.25, 0.3) is 0 Å². The maximum Gasteiger partial charge on any atom is 0.333 e. The summed E-state index contributed by atoms with van der Waals surface area (Å²) in [5.74, 6) is -1.87. The number of ether oxygens (including phenoxy) is 1. The average Bonchev–Trinajstić information content (AvgIpc) is 2.89. The van der Waals surface area contributed by atoms with Gasteiger partial charge in [0.2, 0.25) is 11.8 Å². The molecule has 128 valence electrons. The van der Waals surface area contributed by atoms with E-state index in [0.717, 1.165) is 11.8 Å². The van der Waals surface area contributed by atoms with Gasteiger partial charge in [-0.2, -0.15) is 0 Å². The predicted octanol–water partition coefficient (Wildman–Crippen LogP) is 2.13. The van der Waals surface area contributed by atoms with Gasteiger partial charge in [-0.1, -0.05) is 23.9 Å². The fraction of sp³-hybridized carbons (Fsp3) is 0.312. The van der Waals surface area contributed by atoms with Gasteiger partial charge in [0.05, 0.1) is 29.2 Å². The molecule has 1 aliphatic heterocycles. The molecular formula is C16H17FN2O4S. The number of para-hydroxylation sites is 1. The van der Waals surface area contributed by atoms with Crippen LogP contribution in [0.5, 0.6) is 0 Å². The Morgan fingerprint density at radius 2 is 2.17 bits per heavy atom. The summed E-state index contributed by atoms with van der Waals surface area (Å²) in [5.41, 5.74) is 0.0320. The van der Waals surface area contributed by atoms with Gasteiger partial charge in [-0.25, -0.2) is 9.18 Å². The van der Waals surface area contributed by atoms with Crippen LogP contribution in [0, 0.1) is 5.82 Å². The van der Waals surface area contributed by atoms with Gasteiger partial charge in [0.25, 0.3) is 0 Å². The van der Waals surface area contributed by atoms with Gasteiger partial charge in [-0.15, -0.1) is 0 Å². The van der Waals surface area contributed by atoms with Crippen molar-refractivity contribution in [3.05, 3.63) is 41.2 Å². The molecule has 1 saturated heterocycles. The van der Waals surface area contributed by atoms with Crippen LogP contribution >= 0.6 is 11.8 Å². The van der Waals surface area contributed by atoms with Gasteiger partial charge in [-0.05, 0) is 26.0 Å². The van der Waals surface area contributed by atoms with E-state index in [-0.39, 0.29) is 24.0 Å². The van der Waals surface area contributed by atoms with Crippen LogP contribution < -0.4 is 5.32 Å². The smallest absolute Gasteiger partial charge is 0.333 e. The number of carbonyl (C=O) groups excluding carboxylic acids is 3. The molecule has 2 rings (SSSR count). The number of nitrogens with zero attached hydrogens (tertiary/aromatic N) is 1. The number of carbonyl (C=O) groups is 3. The first kappa shape index (κ1) is 18.0. The topological polar surface area (TPSA) is 75.7 Å². The van der Waals surface area contributed by atoms with Crippen molar-refractivity contribution in [1.82, 2.24) is 4.90 Å². The highest BCUT2D eigenvalue weighted by molar-refractivity contribution is 8.04. The van der Waals surface area contributed by atoms with Crippen molar-refractivity contribution < 1.29 is 23.5 Å². The molecule has 1 fully saturated rings. The third kappa shape index (κ3) is 4.14. The lowest BCUT2D eigenvalue weighted by atomic mass is 10.2. The molecule has 2 amide bonds. The molecule has 0 saturated carbocycles. The Bertz CT molecular complexity index is 692. The second-order valence-electron chi connectivity index (χ2n) is 4.93. The summed E-state index contributed by atoms with van der Waals surface area (Å²) in [6.07, 6.45) is 1.19. The number of hydrogen-bond acceptors (Lipinski definition) is 5. The SMILES string of the molecule is CCOC(=O)/C=C1\SCC(=O)N1C(C)C(=O)Nc1ccccc1F. The zero-order chi connectivity index (χ0) is 17.7. The standard InChI is InChI=1S/C16H17FN2O4S/c1-3-23-15(21)8-14-19(13(20)9-24-14)10(2)16(22)18-12-7-5-4-6-11(12)17/h4-8,10H,3,9H2,1-2H3,(H,18,22)/b14-8-. The molecular weight excluding hydrogens is 335 g/mol. The van der Waals surface area contributed by atoms with Crippen LogP contribution in [0.15, 0.2) is 35.4 Å². The number of esters is 1. The average molecular weight is 352 g/mol. The summed E-state index contributed by atoms with van der Waals surface area (Å²) >= 11 is 1.15. The van der Waals surface area contributed by atoms with Gasteiger partial charge in [-0.3, -0.25) is 14.5 Å². The van der Waals surface area contributed by atoms with E-state index >= 15 is 0 Å². The number of hydrogen-bond donors (Lipinski definition) is 1. The number of thioether (sulfide) groups is 1. The monoisotopic (exact) mass is 352 g/mol. The van der Waals surface area contributed by atoms with Crippen LogP contribution in [-0.2, 0) is 19.1 Å². The molecule has 24 heavy (non-hydrogen) atoms.